The number of furan rings is 1. The lowest BCUT2D eigenvalue weighted by atomic mass is 10.3. The Labute approximate surface area is 85.9 Å². The van der Waals surface area contributed by atoms with E-state index in [1.807, 2.05) is 13.0 Å². The fourth-order valence-electron chi connectivity index (χ4n) is 1.09. The molecular weight excluding hydrogens is 202 g/mol. The van der Waals surface area contributed by atoms with Crippen molar-refractivity contribution in [3.8, 4) is 11.5 Å². The largest absolute Gasteiger partial charge is 0.460 e. The average Bonchev–Trinajstić information content (AvgIpc) is 2.51. The van der Waals surface area contributed by atoms with Gasteiger partial charge < -0.3 is 4.42 Å². The predicted octanol–water partition coefficient (Wildman–Crippen LogP) is 2.40. The number of aromatic nitrogens is 3. The highest BCUT2D eigenvalue weighted by Crippen LogP contribution is 2.24. The van der Waals surface area contributed by atoms with Crippen LogP contribution in [0.5, 0.6) is 0 Å². The third-order valence-electron chi connectivity index (χ3n) is 1.72. The Morgan fingerprint density at radius 1 is 1.21 bits per heavy atom. The van der Waals surface area contributed by atoms with Crippen molar-refractivity contribution in [1.29, 1.82) is 0 Å². The summed E-state index contributed by atoms with van der Waals surface area (Å²) in [5, 5.41) is 8.06. The molecule has 0 aliphatic rings. The molecule has 5 heteroatoms. The molecular formula is C9H8ClN3O. The summed E-state index contributed by atoms with van der Waals surface area (Å²) in [6, 6.07) is 3.63. The standard InChI is InChI=1S/C9H8ClN3O/c1-5-3-4-7(14-5)8-9(10)11-6(2)12-13-8/h3-4H,1-2H3. The number of rotatable bonds is 1. The molecule has 0 unspecified atom stereocenters. The average molecular weight is 210 g/mol. The zero-order chi connectivity index (χ0) is 10.1. The summed E-state index contributed by atoms with van der Waals surface area (Å²) in [7, 11) is 0. The van der Waals surface area contributed by atoms with E-state index in [9.17, 15) is 0 Å². The molecule has 72 valence electrons. The Balaban J connectivity index is 2.52. The van der Waals surface area contributed by atoms with Gasteiger partial charge in [0.15, 0.2) is 16.6 Å². The zero-order valence-corrected chi connectivity index (χ0v) is 8.54. The Morgan fingerprint density at radius 3 is 2.57 bits per heavy atom. The van der Waals surface area contributed by atoms with E-state index in [1.54, 1.807) is 13.0 Å². The van der Waals surface area contributed by atoms with Gasteiger partial charge in [0.2, 0.25) is 0 Å². The number of nitrogens with zero attached hydrogens (tertiary/aromatic N) is 3. The van der Waals surface area contributed by atoms with Gasteiger partial charge in [0.25, 0.3) is 0 Å². The van der Waals surface area contributed by atoms with Crippen LogP contribution in [0.2, 0.25) is 5.15 Å². The lowest BCUT2D eigenvalue weighted by Crippen LogP contribution is -1.95. The minimum atomic E-state index is 0.312. The minimum absolute atomic E-state index is 0.312. The normalized spacial score (nSPS) is 10.5. The molecule has 2 aromatic rings. The third kappa shape index (κ3) is 1.61. The maximum Gasteiger partial charge on any atom is 0.166 e. The first-order valence-corrected chi connectivity index (χ1v) is 4.48. The Kier molecular flexibility index (Phi) is 2.21. The fourth-order valence-corrected chi connectivity index (χ4v) is 1.35. The maximum atomic E-state index is 5.90. The molecule has 0 aliphatic carbocycles. The summed E-state index contributed by atoms with van der Waals surface area (Å²) in [5.74, 6) is 1.94. The van der Waals surface area contributed by atoms with Crippen LogP contribution in [0.3, 0.4) is 0 Å². The zero-order valence-electron chi connectivity index (χ0n) is 7.78. The van der Waals surface area contributed by atoms with Crippen LogP contribution in [-0.4, -0.2) is 15.2 Å². The molecule has 0 radical (unpaired) electrons. The molecule has 4 nitrogen and oxygen atoms in total. The van der Waals surface area contributed by atoms with Gasteiger partial charge in [-0.3, -0.25) is 0 Å². The van der Waals surface area contributed by atoms with Crippen LogP contribution in [0.1, 0.15) is 11.6 Å². The number of hydrogen-bond donors (Lipinski definition) is 0. The van der Waals surface area contributed by atoms with E-state index in [0.717, 1.165) is 5.76 Å². The summed E-state index contributed by atoms with van der Waals surface area (Å²) in [6.45, 7) is 3.59. The van der Waals surface area contributed by atoms with Crippen LogP contribution in [0.4, 0.5) is 0 Å². The molecule has 0 saturated heterocycles. The van der Waals surface area contributed by atoms with Crippen LogP contribution in [-0.2, 0) is 0 Å². The van der Waals surface area contributed by atoms with Crippen molar-refractivity contribution in [3.05, 3.63) is 28.9 Å². The van der Waals surface area contributed by atoms with Crippen molar-refractivity contribution in [2.75, 3.05) is 0 Å². The highest BCUT2D eigenvalue weighted by molar-refractivity contribution is 6.31. The molecule has 2 rings (SSSR count). The highest BCUT2D eigenvalue weighted by Gasteiger charge is 2.11. The molecule has 2 aromatic heterocycles. The van der Waals surface area contributed by atoms with E-state index in [4.69, 9.17) is 16.0 Å². The van der Waals surface area contributed by atoms with Gasteiger partial charge >= 0.3 is 0 Å². The van der Waals surface area contributed by atoms with Crippen molar-refractivity contribution in [3.63, 3.8) is 0 Å². The van der Waals surface area contributed by atoms with Gasteiger partial charge in [0, 0.05) is 0 Å². The first kappa shape index (κ1) is 9.15. The number of aryl methyl sites for hydroxylation is 2. The molecule has 0 N–H and O–H groups in total. The second kappa shape index (κ2) is 3.38. The molecule has 0 saturated carbocycles. The smallest absolute Gasteiger partial charge is 0.166 e. The lowest BCUT2D eigenvalue weighted by molar-refractivity contribution is 0.545. The Bertz CT molecular complexity index is 467. The summed E-state index contributed by atoms with van der Waals surface area (Å²) in [5.41, 5.74) is 0.477. The van der Waals surface area contributed by atoms with Gasteiger partial charge in [-0.05, 0) is 26.0 Å². The monoisotopic (exact) mass is 209 g/mol. The van der Waals surface area contributed by atoms with Gasteiger partial charge in [-0.1, -0.05) is 11.6 Å². The van der Waals surface area contributed by atoms with E-state index in [-0.39, 0.29) is 0 Å². The quantitative estimate of drug-likeness (QED) is 0.724. The Hall–Kier alpha value is -1.42. The summed E-state index contributed by atoms with van der Waals surface area (Å²) < 4.78 is 5.36. The van der Waals surface area contributed by atoms with Crippen LogP contribution in [0.15, 0.2) is 16.5 Å². The molecule has 0 aromatic carbocycles. The third-order valence-corrected chi connectivity index (χ3v) is 1.99. The van der Waals surface area contributed by atoms with Crippen LogP contribution in [0.25, 0.3) is 11.5 Å². The van der Waals surface area contributed by atoms with Crippen LogP contribution in [0, 0.1) is 13.8 Å². The van der Waals surface area contributed by atoms with Gasteiger partial charge in [-0.15, -0.1) is 10.2 Å². The molecule has 14 heavy (non-hydrogen) atoms. The molecule has 0 fully saturated rings. The fraction of sp³-hybridized carbons (Fsp3) is 0.222. The van der Waals surface area contributed by atoms with E-state index >= 15 is 0 Å². The second-order valence-corrected chi connectivity index (χ2v) is 3.27. The topological polar surface area (TPSA) is 51.8 Å². The van der Waals surface area contributed by atoms with E-state index in [1.165, 1.54) is 0 Å². The number of hydrogen-bond acceptors (Lipinski definition) is 4. The second-order valence-electron chi connectivity index (χ2n) is 2.91. The van der Waals surface area contributed by atoms with Gasteiger partial charge in [-0.25, -0.2) is 4.98 Å². The van der Waals surface area contributed by atoms with Crippen molar-refractivity contribution >= 4 is 11.6 Å². The minimum Gasteiger partial charge on any atom is -0.460 e. The highest BCUT2D eigenvalue weighted by atomic mass is 35.5. The first-order chi connectivity index (χ1) is 6.66. The van der Waals surface area contributed by atoms with E-state index < -0.39 is 0 Å². The molecule has 0 bridgehead atoms. The summed E-state index contributed by atoms with van der Waals surface area (Å²) in [4.78, 5) is 3.99. The lowest BCUT2D eigenvalue weighted by Gasteiger charge is -1.97. The summed E-state index contributed by atoms with van der Waals surface area (Å²) >= 11 is 5.90. The number of halogens is 1. The van der Waals surface area contributed by atoms with Crippen LogP contribution < -0.4 is 0 Å². The van der Waals surface area contributed by atoms with E-state index in [2.05, 4.69) is 15.2 Å². The first-order valence-electron chi connectivity index (χ1n) is 4.10. The van der Waals surface area contributed by atoms with Gasteiger partial charge in [0.05, 0.1) is 0 Å². The molecule has 2 heterocycles. The van der Waals surface area contributed by atoms with Gasteiger partial charge in [0.1, 0.15) is 11.6 Å². The van der Waals surface area contributed by atoms with Crippen molar-refractivity contribution in [2.45, 2.75) is 13.8 Å². The molecule has 0 amide bonds. The summed E-state index contributed by atoms with van der Waals surface area (Å²) in [6.07, 6.45) is 0. The molecule has 0 atom stereocenters. The Morgan fingerprint density at radius 2 is 2.00 bits per heavy atom. The van der Waals surface area contributed by atoms with E-state index in [0.29, 0.717) is 22.4 Å². The van der Waals surface area contributed by atoms with Gasteiger partial charge in [-0.2, -0.15) is 0 Å². The van der Waals surface area contributed by atoms with Crippen molar-refractivity contribution in [2.24, 2.45) is 0 Å². The maximum absolute atomic E-state index is 5.90. The van der Waals surface area contributed by atoms with Crippen molar-refractivity contribution in [1.82, 2.24) is 15.2 Å². The SMILES string of the molecule is Cc1nnc(-c2ccc(C)o2)c(Cl)n1. The van der Waals surface area contributed by atoms with Crippen molar-refractivity contribution < 1.29 is 4.42 Å². The molecule has 0 aliphatic heterocycles. The predicted molar refractivity (Wildman–Crippen MR) is 52.0 cm³/mol. The van der Waals surface area contributed by atoms with Crippen LogP contribution >= 0.6 is 11.6 Å². The molecule has 0 spiro atoms.